The first-order valence-electron chi connectivity index (χ1n) is 7.09. The Labute approximate surface area is 142 Å². The van der Waals surface area contributed by atoms with Gasteiger partial charge in [0.25, 0.3) is 5.91 Å². The summed E-state index contributed by atoms with van der Waals surface area (Å²) in [7, 11) is -3.87. The van der Waals surface area contributed by atoms with Crippen LogP contribution in [0.3, 0.4) is 0 Å². The largest absolute Gasteiger partial charge is 0.416 e. The fraction of sp³-hybridized carbons (Fsp3) is 0.188. The Kier molecular flexibility index (Phi) is 5.19. The predicted octanol–water partition coefficient (Wildman–Crippen LogP) is 2.84. The molecule has 2 aromatic rings. The molecule has 1 atom stereocenters. The Morgan fingerprint density at radius 2 is 1.72 bits per heavy atom. The number of alkyl halides is 3. The lowest BCUT2D eigenvalue weighted by atomic mass is 10.0. The van der Waals surface area contributed by atoms with Crippen LogP contribution in [0.4, 0.5) is 13.2 Å². The summed E-state index contributed by atoms with van der Waals surface area (Å²) < 4.78 is 60.6. The van der Waals surface area contributed by atoms with Gasteiger partial charge >= 0.3 is 6.18 Å². The van der Waals surface area contributed by atoms with E-state index in [4.69, 9.17) is 5.14 Å². The highest BCUT2D eigenvalue weighted by molar-refractivity contribution is 7.89. The Morgan fingerprint density at radius 1 is 1.12 bits per heavy atom. The summed E-state index contributed by atoms with van der Waals surface area (Å²) in [6, 6.07) is 8.89. The van der Waals surface area contributed by atoms with Gasteiger partial charge in [0.05, 0.1) is 16.5 Å². The molecular formula is C16H15F3N2O3S. The average molecular weight is 372 g/mol. The van der Waals surface area contributed by atoms with E-state index in [-0.39, 0.29) is 10.5 Å². The zero-order valence-electron chi connectivity index (χ0n) is 13.0. The third-order valence-corrected chi connectivity index (χ3v) is 4.44. The van der Waals surface area contributed by atoms with Gasteiger partial charge in [0, 0.05) is 5.56 Å². The molecule has 0 heterocycles. The highest BCUT2D eigenvalue weighted by Gasteiger charge is 2.30. The molecular weight excluding hydrogens is 357 g/mol. The van der Waals surface area contributed by atoms with Crippen molar-refractivity contribution in [2.24, 2.45) is 5.14 Å². The molecule has 3 N–H and O–H groups in total. The van der Waals surface area contributed by atoms with Crippen LogP contribution in [0.2, 0.25) is 0 Å². The van der Waals surface area contributed by atoms with Gasteiger partial charge in [-0.15, -0.1) is 0 Å². The van der Waals surface area contributed by atoms with Crippen molar-refractivity contribution < 1.29 is 26.4 Å². The number of carbonyl (C=O) groups is 1. The van der Waals surface area contributed by atoms with Crippen molar-refractivity contribution in [2.75, 3.05) is 0 Å². The molecule has 9 heteroatoms. The van der Waals surface area contributed by atoms with Gasteiger partial charge in [0.15, 0.2) is 0 Å². The number of halogens is 3. The minimum Gasteiger partial charge on any atom is -0.346 e. The lowest BCUT2D eigenvalue weighted by Crippen LogP contribution is -2.27. The highest BCUT2D eigenvalue weighted by Crippen LogP contribution is 2.30. The Bertz CT molecular complexity index is 878. The number of hydrogen-bond donors (Lipinski definition) is 2. The van der Waals surface area contributed by atoms with Crippen LogP contribution in [0, 0.1) is 0 Å². The molecule has 5 nitrogen and oxygen atoms in total. The summed E-state index contributed by atoms with van der Waals surface area (Å²) >= 11 is 0. The fourth-order valence-corrected chi connectivity index (χ4v) is 2.66. The minimum atomic E-state index is -4.47. The van der Waals surface area contributed by atoms with E-state index in [1.54, 1.807) is 6.92 Å². The Balaban J connectivity index is 2.15. The molecule has 0 aliphatic heterocycles. The molecule has 0 saturated heterocycles. The quantitative estimate of drug-likeness (QED) is 0.865. The molecule has 134 valence electrons. The lowest BCUT2D eigenvalue weighted by Gasteiger charge is -2.16. The molecule has 0 unspecified atom stereocenters. The number of amides is 1. The number of hydrogen-bond acceptors (Lipinski definition) is 3. The van der Waals surface area contributed by atoms with E-state index < -0.39 is 33.7 Å². The van der Waals surface area contributed by atoms with Crippen LogP contribution < -0.4 is 10.5 Å². The standard InChI is InChI=1S/C16H15F3N2O3S/c1-10(12-3-2-4-13(9-12)16(17,18)19)21-15(22)11-5-7-14(8-6-11)25(20,23)24/h2-10H,1H3,(H,21,22)(H2,20,23,24)/t10-/m1/s1. The number of nitrogens with one attached hydrogen (secondary N) is 1. The van der Waals surface area contributed by atoms with Gasteiger partial charge in [-0.25, -0.2) is 13.6 Å². The number of sulfonamides is 1. The Morgan fingerprint density at radius 3 is 2.24 bits per heavy atom. The maximum atomic E-state index is 12.7. The summed E-state index contributed by atoms with van der Waals surface area (Å²) in [6.45, 7) is 1.55. The summed E-state index contributed by atoms with van der Waals surface area (Å²) in [6.07, 6.45) is -4.47. The molecule has 0 saturated carbocycles. The topological polar surface area (TPSA) is 89.3 Å². The maximum absolute atomic E-state index is 12.7. The van der Waals surface area contributed by atoms with Crippen molar-refractivity contribution >= 4 is 15.9 Å². The average Bonchev–Trinajstić information content (AvgIpc) is 2.53. The van der Waals surface area contributed by atoms with Crippen molar-refractivity contribution in [3.63, 3.8) is 0 Å². The SMILES string of the molecule is C[C@@H](NC(=O)c1ccc(S(N)(=O)=O)cc1)c1cccc(C(F)(F)F)c1. The van der Waals surface area contributed by atoms with Gasteiger partial charge in [-0.2, -0.15) is 13.2 Å². The second-order valence-corrected chi connectivity index (χ2v) is 6.95. The van der Waals surface area contributed by atoms with E-state index in [1.165, 1.54) is 36.4 Å². The highest BCUT2D eigenvalue weighted by atomic mass is 32.2. The van der Waals surface area contributed by atoms with Crippen molar-refractivity contribution in [1.29, 1.82) is 0 Å². The van der Waals surface area contributed by atoms with Crippen LogP contribution in [-0.4, -0.2) is 14.3 Å². The molecule has 2 aromatic carbocycles. The van der Waals surface area contributed by atoms with Crippen LogP contribution in [-0.2, 0) is 16.2 Å². The smallest absolute Gasteiger partial charge is 0.346 e. The second-order valence-electron chi connectivity index (χ2n) is 5.39. The predicted molar refractivity (Wildman–Crippen MR) is 85.1 cm³/mol. The van der Waals surface area contributed by atoms with Gasteiger partial charge in [0.2, 0.25) is 10.0 Å². The van der Waals surface area contributed by atoms with Gasteiger partial charge in [-0.05, 0) is 48.9 Å². The van der Waals surface area contributed by atoms with Gasteiger partial charge < -0.3 is 5.32 Å². The number of nitrogens with two attached hydrogens (primary N) is 1. The van der Waals surface area contributed by atoms with Crippen LogP contribution in [0.25, 0.3) is 0 Å². The summed E-state index contributed by atoms with van der Waals surface area (Å²) in [5.74, 6) is -0.550. The molecule has 0 radical (unpaired) electrons. The number of carbonyl (C=O) groups excluding carboxylic acids is 1. The van der Waals surface area contributed by atoms with E-state index in [9.17, 15) is 26.4 Å². The molecule has 0 aliphatic carbocycles. The van der Waals surface area contributed by atoms with Crippen molar-refractivity contribution in [3.8, 4) is 0 Å². The van der Waals surface area contributed by atoms with Crippen molar-refractivity contribution in [1.82, 2.24) is 5.32 Å². The van der Waals surface area contributed by atoms with E-state index >= 15 is 0 Å². The van der Waals surface area contributed by atoms with E-state index in [0.29, 0.717) is 5.56 Å². The van der Waals surface area contributed by atoms with Crippen molar-refractivity contribution in [3.05, 3.63) is 65.2 Å². The molecule has 0 spiro atoms. The first-order chi connectivity index (χ1) is 11.5. The number of benzene rings is 2. The third kappa shape index (κ3) is 4.80. The van der Waals surface area contributed by atoms with Gasteiger partial charge in [-0.1, -0.05) is 12.1 Å². The summed E-state index contributed by atoms with van der Waals surface area (Å²) in [5.41, 5.74) is -0.348. The van der Waals surface area contributed by atoms with E-state index in [0.717, 1.165) is 12.1 Å². The fourth-order valence-electron chi connectivity index (χ4n) is 2.14. The van der Waals surface area contributed by atoms with Gasteiger partial charge in [-0.3, -0.25) is 4.79 Å². The van der Waals surface area contributed by atoms with Gasteiger partial charge in [0.1, 0.15) is 0 Å². The molecule has 25 heavy (non-hydrogen) atoms. The normalized spacial score (nSPS) is 13.3. The minimum absolute atomic E-state index is 0.144. The maximum Gasteiger partial charge on any atom is 0.416 e. The number of rotatable bonds is 4. The van der Waals surface area contributed by atoms with E-state index in [2.05, 4.69) is 5.32 Å². The van der Waals surface area contributed by atoms with Crippen LogP contribution in [0.15, 0.2) is 53.4 Å². The first kappa shape index (κ1) is 18.9. The monoisotopic (exact) mass is 372 g/mol. The Hall–Kier alpha value is -2.39. The zero-order valence-corrected chi connectivity index (χ0v) is 13.9. The second kappa shape index (κ2) is 6.85. The number of primary sulfonamides is 1. The molecule has 0 fully saturated rings. The molecule has 1 amide bonds. The van der Waals surface area contributed by atoms with Crippen LogP contribution in [0.1, 0.15) is 34.5 Å². The van der Waals surface area contributed by atoms with Crippen molar-refractivity contribution in [2.45, 2.75) is 24.0 Å². The van der Waals surface area contributed by atoms with Crippen LogP contribution >= 0.6 is 0 Å². The third-order valence-electron chi connectivity index (χ3n) is 3.51. The zero-order chi connectivity index (χ0) is 18.8. The lowest BCUT2D eigenvalue weighted by molar-refractivity contribution is -0.137. The van der Waals surface area contributed by atoms with E-state index in [1.807, 2.05) is 0 Å². The molecule has 0 aromatic heterocycles. The van der Waals surface area contributed by atoms with Crippen LogP contribution in [0.5, 0.6) is 0 Å². The first-order valence-corrected chi connectivity index (χ1v) is 8.64. The summed E-state index contributed by atoms with van der Waals surface area (Å²) in [4.78, 5) is 12.0. The summed E-state index contributed by atoms with van der Waals surface area (Å²) in [5, 5.41) is 7.53. The molecule has 2 rings (SSSR count). The molecule has 0 bridgehead atoms. The molecule has 0 aliphatic rings.